The number of hydrogen-bond acceptors (Lipinski definition) is 2. The first-order valence-electron chi connectivity index (χ1n) is 7.40. The van der Waals surface area contributed by atoms with Gasteiger partial charge in [0.25, 0.3) is 0 Å². The lowest BCUT2D eigenvalue weighted by atomic mass is 9.97. The van der Waals surface area contributed by atoms with Crippen LogP contribution in [0.3, 0.4) is 0 Å². The van der Waals surface area contributed by atoms with E-state index in [-0.39, 0.29) is 5.91 Å². The molecule has 0 aliphatic carbocycles. The van der Waals surface area contributed by atoms with Crippen molar-refractivity contribution in [2.75, 3.05) is 26.3 Å². The van der Waals surface area contributed by atoms with Crippen molar-refractivity contribution in [3.8, 4) is 0 Å². The highest BCUT2D eigenvalue weighted by atomic mass is 35.5. The summed E-state index contributed by atoms with van der Waals surface area (Å²) in [5, 5.41) is 0.665. The normalized spacial score (nSPS) is 16.0. The molecule has 1 aliphatic rings. The third kappa shape index (κ3) is 4.87. The minimum Gasteiger partial charge on any atom is -0.377 e. The van der Waals surface area contributed by atoms with Gasteiger partial charge in [-0.15, -0.1) is 6.58 Å². The summed E-state index contributed by atoms with van der Waals surface area (Å²) < 4.78 is 5.49. The van der Waals surface area contributed by atoms with Crippen molar-refractivity contribution < 1.29 is 9.53 Å². The van der Waals surface area contributed by atoms with Crippen LogP contribution in [0.2, 0.25) is 5.02 Å². The standard InChI is InChI=1S/C17H22ClNO2/c1-2-11-21-13-14-7-9-19(10-8-14)17(20)12-15-5-3-4-6-16(15)18/h2-6,14H,1,7-13H2. The Hall–Kier alpha value is -1.32. The number of carbonyl (C=O) groups is 1. The summed E-state index contributed by atoms with van der Waals surface area (Å²) in [4.78, 5) is 14.2. The van der Waals surface area contributed by atoms with Crippen LogP contribution in [0.15, 0.2) is 36.9 Å². The number of hydrogen-bond donors (Lipinski definition) is 0. The van der Waals surface area contributed by atoms with Gasteiger partial charge in [-0.2, -0.15) is 0 Å². The molecule has 3 nitrogen and oxygen atoms in total. The Morgan fingerprint density at radius 2 is 2.10 bits per heavy atom. The summed E-state index contributed by atoms with van der Waals surface area (Å²) in [6.07, 6.45) is 4.16. The maximum absolute atomic E-state index is 12.3. The van der Waals surface area contributed by atoms with E-state index in [1.54, 1.807) is 6.08 Å². The molecule has 0 atom stereocenters. The molecular weight excluding hydrogens is 286 g/mol. The molecule has 0 saturated carbocycles. The number of likely N-dealkylation sites (tertiary alicyclic amines) is 1. The van der Waals surface area contributed by atoms with Crippen LogP contribution in [-0.4, -0.2) is 37.1 Å². The summed E-state index contributed by atoms with van der Waals surface area (Å²) in [6, 6.07) is 7.53. The molecule has 0 radical (unpaired) electrons. The predicted molar refractivity (Wildman–Crippen MR) is 85.5 cm³/mol. The Kier molecular flexibility index (Phi) is 6.27. The van der Waals surface area contributed by atoms with E-state index in [1.807, 2.05) is 29.2 Å². The van der Waals surface area contributed by atoms with Crippen LogP contribution in [0, 0.1) is 5.92 Å². The first-order valence-corrected chi connectivity index (χ1v) is 7.78. The van der Waals surface area contributed by atoms with Crippen LogP contribution in [0.25, 0.3) is 0 Å². The van der Waals surface area contributed by atoms with Crippen LogP contribution >= 0.6 is 11.6 Å². The van der Waals surface area contributed by atoms with Crippen LogP contribution in [0.1, 0.15) is 18.4 Å². The number of rotatable bonds is 6. The lowest BCUT2D eigenvalue weighted by Gasteiger charge is -2.32. The SMILES string of the molecule is C=CCOCC1CCN(C(=O)Cc2ccccc2Cl)CC1. The molecule has 1 saturated heterocycles. The molecule has 1 fully saturated rings. The van der Waals surface area contributed by atoms with Gasteiger partial charge in [-0.1, -0.05) is 35.9 Å². The molecule has 4 heteroatoms. The molecule has 0 bridgehead atoms. The number of halogens is 1. The molecule has 1 heterocycles. The van der Waals surface area contributed by atoms with Gasteiger partial charge in [0.2, 0.25) is 5.91 Å². The second-order valence-corrected chi connectivity index (χ2v) is 5.83. The number of piperidine rings is 1. The second-order valence-electron chi connectivity index (χ2n) is 5.42. The average molecular weight is 308 g/mol. The van der Waals surface area contributed by atoms with Crippen molar-refractivity contribution in [1.29, 1.82) is 0 Å². The molecule has 0 N–H and O–H groups in total. The summed E-state index contributed by atoms with van der Waals surface area (Å²) in [5.74, 6) is 0.711. The zero-order valence-corrected chi connectivity index (χ0v) is 13.0. The molecule has 0 aromatic heterocycles. The number of amides is 1. The van der Waals surface area contributed by atoms with E-state index in [9.17, 15) is 4.79 Å². The Morgan fingerprint density at radius 3 is 2.76 bits per heavy atom. The fourth-order valence-corrected chi connectivity index (χ4v) is 2.79. The van der Waals surface area contributed by atoms with Crippen molar-refractivity contribution in [2.24, 2.45) is 5.92 Å². The third-order valence-electron chi connectivity index (χ3n) is 3.86. The maximum Gasteiger partial charge on any atom is 0.227 e. The fourth-order valence-electron chi connectivity index (χ4n) is 2.58. The average Bonchev–Trinajstić information content (AvgIpc) is 2.50. The summed E-state index contributed by atoms with van der Waals surface area (Å²) >= 11 is 6.11. The van der Waals surface area contributed by atoms with E-state index < -0.39 is 0 Å². The zero-order valence-electron chi connectivity index (χ0n) is 12.3. The molecule has 1 aliphatic heterocycles. The minimum absolute atomic E-state index is 0.161. The summed E-state index contributed by atoms with van der Waals surface area (Å²) in [6.45, 7) is 6.62. The van der Waals surface area contributed by atoms with Gasteiger partial charge in [0.15, 0.2) is 0 Å². The van der Waals surface area contributed by atoms with E-state index in [4.69, 9.17) is 16.3 Å². The monoisotopic (exact) mass is 307 g/mol. The number of carbonyl (C=O) groups excluding carboxylic acids is 1. The molecule has 0 spiro atoms. The highest BCUT2D eigenvalue weighted by Crippen LogP contribution is 2.20. The first kappa shape index (κ1) is 16.1. The van der Waals surface area contributed by atoms with Gasteiger partial charge in [0.1, 0.15) is 0 Å². The lowest BCUT2D eigenvalue weighted by molar-refractivity contribution is -0.132. The van der Waals surface area contributed by atoms with Crippen molar-refractivity contribution in [1.82, 2.24) is 4.90 Å². The van der Waals surface area contributed by atoms with E-state index in [0.29, 0.717) is 24.0 Å². The van der Waals surface area contributed by atoms with Crippen LogP contribution in [0.5, 0.6) is 0 Å². The van der Waals surface area contributed by atoms with E-state index in [2.05, 4.69) is 6.58 Å². The van der Waals surface area contributed by atoms with E-state index in [0.717, 1.165) is 38.1 Å². The zero-order chi connectivity index (χ0) is 15.1. The fraction of sp³-hybridized carbons (Fsp3) is 0.471. The van der Waals surface area contributed by atoms with E-state index in [1.165, 1.54) is 0 Å². The van der Waals surface area contributed by atoms with Crippen LogP contribution in [0.4, 0.5) is 0 Å². The Bertz CT molecular complexity index is 481. The molecule has 114 valence electrons. The van der Waals surface area contributed by atoms with Gasteiger partial charge >= 0.3 is 0 Å². The highest BCUT2D eigenvalue weighted by Gasteiger charge is 2.23. The quantitative estimate of drug-likeness (QED) is 0.596. The van der Waals surface area contributed by atoms with Gasteiger partial charge in [-0.05, 0) is 30.4 Å². The Labute approximate surface area is 131 Å². The van der Waals surface area contributed by atoms with Crippen molar-refractivity contribution in [3.63, 3.8) is 0 Å². The van der Waals surface area contributed by atoms with Gasteiger partial charge in [0, 0.05) is 24.7 Å². The number of nitrogens with zero attached hydrogens (tertiary/aromatic N) is 1. The second kappa shape index (κ2) is 8.20. The van der Waals surface area contributed by atoms with Gasteiger partial charge in [-0.25, -0.2) is 0 Å². The van der Waals surface area contributed by atoms with Gasteiger partial charge < -0.3 is 9.64 Å². The third-order valence-corrected chi connectivity index (χ3v) is 4.22. The topological polar surface area (TPSA) is 29.5 Å². The summed E-state index contributed by atoms with van der Waals surface area (Å²) in [7, 11) is 0. The van der Waals surface area contributed by atoms with Crippen LogP contribution < -0.4 is 0 Å². The molecule has 2 rings (SSSR count). The molecular formula is C17H22ClNO2. The van der Waals surface area contributed by atoms with Crippen molar-refractivity contribution >= 4 is 17.5 Å². The molecule has 0 unspecified atom stereocenters. The number of ether oxygens (including phenoxy) is 1. The molecule has 1 amide bonds. The maximum atomic E-state index is 12.3. The Balaban J connectivity index is 1.78. The predicted octanol–water partition coefficient (Wildman–Crippen LogP) is 3.32. The molecule has 21 heavy (non-hydrogen) atoms. The molecule has 1 aromatic rings. The molecule has 1 aromatic carbocycles. The minimum atomic E-state index is 0.161. The van der Waals surface area contributed by atoms with Gasteiger partial charge in [0.05, 0.1) is 13.0 Å². The first-order chi connectivity index (χ1) is 10.2. The van der Waals surface area contributed by atoms with Crippen molar-refractivity contribution in [2.45, 2.75) is 19.3 Å². The number of benzene rings is 1. The Morgan fingerprint density at radius 1 is 1.38 bits per heavy atom. The van der Waals surface area contributed by atoms with E-state index >= 15 is 0 Å². The lowest BCUT2D eigenvalue weighted by Crippen LogP contribution is -2.40. The van der Waals surface area contributed by atoms with Crippen LogP contribution in [-0.2, 0) is 16.0 Å². The summed E-state index contributed by atoms with van der Waals surface area (Å²) in [5.41, 5.74) is 0.903. The largest absolute Gasteiger partial charge is 0.377 e. The van der Waals surface area contributed by atoms with Crippen molar-refractivity contribution in [3.05, 3.63) is 47.5 Å². The van der Waals surface area contributed by atoms with Gasteiger partial charge in [-0.3, -0.25) is 4.79 Å². The smallest absolute Gasteiger partial charge is 0.227 e. The highest BCUT2D eigenvalue weighted by molar-refractivity contribution is 6.31.